The first-order chi connectivity index (χ1) is 19.9. The molecule has 1 aliphatic rings. The third-order valence-electron chi connectivity index (χ3n) is 7.11. The summed E-state index contributed by atoms with van der Waals surface area (Å²) in [7, 11) is 0. The van der Waals surface area contributed by atoms with Gasteiger partial charge in [0.2, 0.25) is 5.91 Å². The van der Waals surface area contributed by atoms with E-state index in [-0.39, 0.29) is 18.4 Å². The van der Waals surface area contributed by atoms with Gasteiger partial charge in [-0.1, -0.05) is 54.9 Å². The number of carbonyl (C=O) groups is 2. The molecule has 1 aliphatic heterocycles. The molecule has 0 spiro atoms. The molecular weight excluding hydrogens is 538 g/mol. The summed E-state index contributed by atoms with van der Waals surface area (Å²) < 4.78 is 11.7. The van der Waals surface area contributed by atoms with Crippen molar-refractivity contribution in [3.8, 4) is 11.5 Å². The molecule has 4 rings (SSSR count). The molecule has 41 heavy (non-hydrogen) atoms. The lowest BCUT2D eigenvalue weighted by molar-refractivity contribution is -0.142. The zero-order valence-electron chi connectivity index (χ0n) is 24.0. The highest BCUT2D eigenvalue weighted by molar-refractivity contribution is 6.30. The summed E-state index contributed by atoms with van der Waals surface area (Å²) in [6.07, 6.45) is 3.35. The van der Waals surface area contributed by atoms with Gasteiger partial charge in [0, 0.05) is 31.2 Å². The van der Waals surface area contributed by atoms with Crippen LogP contribution in [0.1, 0.15) is 54.9 Å². The van der Waals surface area contributed by atoms with Crippen molar-refractivity contribution in [1.82, 2.24) is 15.5 Å². The largest absolute Gasteiger partial charge is 0.493 e. The second-order valence-corrected chi connectivity index (χ2v) is 10.9. The number of rotatable bonds is 13. The number of halogens is 1. The van der Waals surface area contributed by atoms with Gasteiger partial charge < -0.3 is 25.0 Å². The molecule has 8 heteroatoms. The first-order valence-electron chi connectivity index (χ1n) is 14.4. The standard InChI is InChI=1S/C33H40ClN3O4/c1-3-18-40-31-16-11-27(19-24(31)2)22-37(30-6-4-5-17-36-33(30)39)32(38)23-41-29-14-9-26(10-15-29)21-35-20-25-7-12-28(34)13-8-25/h7-16,19,30,35H,3-6,17-18,20-23H2,1-2H3,(H,36,39). The van der Waals surface area contributed by atoms with Gasteiger partial charge in [0.1, 0.15) is 17.5 Å². The summed E-state index contributed by atoms with van der Waals surface area (Å²) in [5.74, 6) is 1.13. The molecule has 1 saturated heterocycles. The van der Waals surface area contributed by atoms with Crippen molar-refractivity contribution in [1.29, 1.82) is 0 Å². The first kappa shape index (κ1) is 30.4. The van der Waals surface area contributed by atoms with Crippen LogP contribution in [0.4, 0.5) is 0 Å². The van der Waals surface area contributed by atoms with E-state index in [0.29, 0.717) is 38.4 Å². The number of benzene rings is 3. The van der Waals surface area contributed by atoms with Crippen LogP contribution >= 0.6 is 11.6 Å². The summed E-state index contributed by atoms with van der Waals surface area (Å²) >= 11 is 5.95. The Labute approximate surface area is 248 Å². The van der Waals surface area contributed by atoms with Gasteiger partial charge in [-0.2, -0.15) is 0 Å². The maximum Gasteiger partial charge on any atom is 0.261 e. The number of ether oxygens (including phenoxy) is 2. The monoisotopic (exact) mass is 577 g/mol. The Morgan fingerprint density at radius 1 is 0.976 bits per heavy atom. The van der Waals surface area contributed by atoms with E-state index < -0.39 is 6.04 Å². The molecule has 0 aliphatic carbocycles. The number of nitrogens with one attached hydrogen (secondary N) is 2. The number of aryl methyl sites for hydroxylation is 1. The van der Waals surface area contributed by atoms with Crippen molar-refractivity contribution in [3.63, 3.8) is 0 Å². The van der Waals surface area contributed by atoms with Gasteiger partial charge in [-0.15, -0.1) is 0 Å². The molecular formula is C33H40ClN3O4. The van der Waals surface area contributed by atoms with Crippen molar-refractivity contribution in [2.24, 2.45) is 0 Å². The Balaban J connectivity index is 1.36. The molecule has 1 atom stereocenters. The second-order valence-electron chi connectivity index (χ2n) is 10.4. The molecule has 1 fully saturated rings. The maximum atomic E-state index is 13.5. The van der Waals surface area contributed by atoms with Crippen LogP contribution in [0.25, 0.3) is 0 Å². The Kier molecular flexibility index (Phi) is 11.5. The molecule has 7 nitrogen and oxygen atoms in total. The lowest BCUT2D eigenvalue weighted by Gasteiger charge is -2.30. The summed E-state index contributed by atoms with van der Waals surface area (Å²) in [5, 5.41) is 7.11. The third-order valence-corrected chi connectivity index (χ3v) is 7.37. The van der Waals surface area contributed by atoms with Crippen LogP contribution < -0.4 is 20.1 Å². The van der Waals surface area contributed by atoms with Gasteiger partial charge in [-0.3, -0.25) is 9.59 Å². The summed E-state index contributed by atoms with van der Waals surface area (Å²) in [6, 6.07) is 20.9. The van der Waals surface area contributed by atoms with Crippen LogP contribution in [0.3, 0.4) is 0 Å². The molecule has 0 bridgehead atoms. The molecule has 3 aromatic carbocycles. The highest BCUT2D eigenvalue weighted by atomic mass is 35.5. The molecule has 2 N–H and O–H groups in total. The van der Waals surface area contributed by atoms with Crippen LogP contribution in [0.15, 0.2) is 66.7 Å². The number of nitrogens with zero attached hydrogens (tertiary/aromatic N) is 1. The zero-order chi connectivity index (χ0) is 29.0. The van der Waals surface area contributed by atoms with Crippen LogP contribution in [0.2, 0.25) is 5.02 Å². The Morgan fingerprint density at radius 3 is 2.34 bits per heavy atom. The van der Waals surface area contributed by atoms with Gasteiger partial charge in [0.25, 0.3) is 5.91 Å². The molecule has 2 amide bonds. The fraction of sp³-hybridized carbons (Fsp3) is 0.394. The first-order valence-corrected chi connectivity index (χ1v) is 14.8. The van der Waals surface area contributed by atoms with Gasteiger partial charge >= 0.3 is 0 Å². The normalized spacial score (nSPS) is 15.1. The number of amides is 2. The topological polar surface area (TPSA) is 79.9 Å². The van der Waals surface area contributed by atoms with Gasteiger partial charge in [0.05, 0.1) is 6.61 Å². The van der Waals surface area contributed by atoms with E-state index in [9.17, 15) is 9.59 Å². The van der Waals surface area contributed by atoms with E-state index in [1.54, 1.807) is 4.90 Å². The summed E-state index contributed by atoms with van der Waals surface area (Å²) in [5.41, 5.74) is 4.23. The van der Waals surface area contributed by atoms with Crippen LogP contribution in [-0.2, 0) is 29.2 Å². The minimum Gasteiger partial charge on any atom is -0.493 e. The van der Waals surface area contributed by atoms with Crippen molar-refractivity contribution < 1.29 is 19.1 Å². The Morgan fingerprint density at radius 2 is 1.66 bits per heavy atom. The minimum absolute atomic E-state index is 0.106. The van der Waals surface area contributed by atoms with E-state index >= 15 is 0 Å². The Hall–Kier alpha value is -3.55. The maximum absolute atomic E-state index is 13.5. The smallest absolute Gasteiger partial charge is 0.261 e. The fourth-order valence-corrected chi connectivity index (χ4v) is 4.98. The summed E-state index contributed by atoms with van der Waals surface area (Å²) in [4.78, 5) is 28.1. The van der Waals surface area contributed by atoms with E-state index in [0.717, 1.165) is 58.8 Å². The van der Waals surface area contributed by atoms with Crippen molar-refractivity contribution in [2.45, 2.75) is 65.2 Å². The van der Waals surface area contributed by atoms with E-state index in [1.807, 2.05) is 73.7 Å². The molecule has 3 aromatic rings. The van der Waals surface area contributed by atoms with Crippen molar-refractivity contribution >= 4 is 23.4 Å². The van der Waals surface area contributed by atoms with Gasteiger partial charge in [-0.25, -0.2) is 0 Å². The molecule has 218 valence electrons. The van der Waals surface area contributed by atoms with E-state index in [4.69, 9.17) is 21.1 Å². The highest BCUT2D eigenvalue weighted by Gasteiger charge is 2.31. The molecule has 0 saturated carbocycles. The molecule has 0 radical (unpaired) electrons. The highest BCUT2D eigenvalue weighted by Crippen LogP contribution is 2.23. The SMILES string of the molecule is CCCOc1ccc(CN(C(=O)COc2ccc(CNCc3ccc(Cl)cc3)cc2)C2CCCCNC2=O)cc1C. The minimum atomic E-state index is -0.529. The van der Waals surface area contributed by atoms with Crippen LogP contribution in [-0.4, -0.2) is 42.5 Å². The predicted octanol–water partition coefficient (Wildman–Crippen LogP) is 5.80. The quantitative estimate of drug-likeness (QED) is 0.268. The third kappa shape index (κ3) is 9.23. The summed E-state index contributed by atoms with van der Waals surface area (Å²) in [6.45, 7) is 6.99. The second kappa shape index (κ2) is 15.5. The van der Waals surface area contributed by atoms with E-state index in [2.05, 4.69) is 17.6 Å². The number of hydrogen-bond donors (Lipinski definition) is 2. The van der Waals surface area contributed by atoms with Crippen LogP contribution in [0, 0.1) is 6.92 Å². The Bertz CT molecular complexity index is 1280. The average Bonchev–Trinajstić information content (AvgIpc) is 3.20. The average molecular weight is 578 g/mol. The van der Waals surface area contributed by atoms with Gasteiger partial charge in [-0.05, 0) is 85.2 Å². The molecule has 1 heterocycles. The number of hydrogen-bond acceptors (Lipinski definition) is 5. The fourth-order valence-electron chi connectivity index (χ4n) is 4.86. The lowest BCUT2D eigenvalue weighted by atomic mass is 10.1. The van der Waals surface area contributed by atoms with Gasteiger partial charge in [0.15, 0.2) is 6.61 Å². The zero-order valence-corrected chi connectivity index (χ0v) is 24.7. The number of carbonyl (C=O) groups excluding carboxylic acids is 2. The van der Waals surface area contributed by atoms with Crippen molar-refractivity contribution in [2.75, 3.05) is 19.8 Å². The molecule has 1 unspecified atom stereocenters. The molecule has 0 aromatic heterocycles. The predicted molar refractivity (Wildman–Crippen MR) is 162 cm³/mol. The van der Waals surface area contributed by atoms with E-state index in [1.165, 1.54) is 0 Å². The lowest BCUT2D eigenvalue weighted by Crippen LogP contribution is -2.49. The van der Waals surface area contributed by atoms with Crippen LogP contribution in [0.5, 0.6) is 11.5 Å². The van der Waals surface area contributed by atoms with Crippen molar-refractivity contribution in [3.05, 3.63) is 94.0 Å².